The van der Waals surface area contributed by atoms with Crippen molar-refractivity contribution in [3.8, 4) is 0 Å². The number of hydrogen-bond acceptors (Lipinski definition) is 3. The minimum Gasteiger partial charge on any atom is -0.329 e. The standard InChI is InChI=1S/C16H27N3/c1-14(15-8-4-2-5-9-15)12-16(13-17)18-19-10-6-3-7-11-19/h2,4-5,8-9,14,16,18H,3,6-7,10-13,17H2,1H3. The van der Waals surface area contributed by atoms with Crippen LogP contribution >= 0.6 is 0 Å². The minimum atomic E-state index is 0.383. The Kier molecular flexibility index (Phi) is 5.83. The summed E-state index contributed by atoms with van der Waals surface area (Å²) in [5.74, 6) is 0.548. The van der Waals surface area contributed by atoms with Crippen molar-refractivity contribution in [1.82, 2.24) is 10.4 Å². The van der Waals surface area contributed by atoms with Crippen molar-refractivity contribution < 1.29 is 0 Å². The van der Waals surface area contributed by atoms with Crippen LogP contribution in [0.2, 0.25) is 0 Å². The van der Waals surface area contributed by atoms with Crippen LogP contribution in [0.5, 0.6) is 0 Å². The summed E-state index contributed by atoms with van der Waals surface area (Å²) in [6.07, 6.45) is 5.07. The molecule has 106 valence electrons. The van der Waals surface area contributed by atoms with Crippen molar-refractivity contribution in [3.05, 3.63) is 35.9 Å². The van der Waals surface area contributed by atoms with E-state index in [0.717, 1.165) is 19.5 Å². The molecule has 2 rings (SSSR count). The number of piperidine rings is 1. The Bertz CT molecular complexity index is 346. The molecule has 0 spiro atoms. The third kappa shape index (κ3) is 4.60. The highest BCUT2D eigenvalue weighted by molar-refractivity contribution is 5.18. The first-order valence-electron chi connectivity index (χ1n) is 7.55. The molecule has 1 aromatic carbocycles. The number of rotatable bonds is 6. The number of benzene rings is 1. The van der Waals surface area contributed by atoms with E-state index in [1.165, 1.54) is 24.8 Å². The Morgan fingerprint density at radius 3 is 2.47 bits per heavy atom. The zero-order valence-electron chi connectivity index (χ0n) is 12.0. The lowest BCUT2D eigenvalue weighted by Crippen LogP contribution is -2.50. The molecule has 0 amide bonds. The highest BCUT2D eigenvalue weighted by atomic mass is 15.5. The van der Waals surface area contributed by atoms with Gasteiger partial charge in [-0.2, -0.15) is 0 Å². The van der Waals surface area contributed by atoms with E-state index in [0.29, 0.717) is 18.5 Å². The van der Waals surface area contributed by atoms with Crippen LogP contribution < -0.4 is 11.2 Å². The normalized spacial score (nSPS) is 20.1. The van der Waals surface area contributed by atoms with Crippen molar-refractivity contribution in [1.29, 1.82) is 0 Å². The van der Waals surface area contributed by atoms with Crippen LogP contribution in [0.15, 0.2) is 30.3 Å². The lowest BCUT2D eigenvalue weighted by Gasteiger charge is -2.32. The van der Waals surface area contributed by atoms with Gasteiger partial charge in [0.2, 0.25) is 0 Å². The molecule has 2 unspecified atom stereocenters. The number of nitrogens with one attached hydrogen (secondary N) is 1. The fraction of sp³-hybridized carbons (Fsp3) is 0.625. The molecule has 19 heavy (non-hydrogen) atoms. The predicted molar refractivity (Wildman–Crippen MR) is 80.9 cm³/mol. The fourth-order valence-electron chi connectivity index (χ4n) is 2.83. The number of hydrogen-bond donors (Lipinski definition) is 2. The Balaban J connectivity index is 1.84. The molecular weight excluding hydrogens is 234 g/mol. The van der Waals surface area contributed by atoms with Crippen LogP contribution in [0, 0.1) is 0 Å². The van der Waals surface area contributed by atoms with Gasteiger partial charge in [0.1, 0.15) is 0 Å². The summed E-state index contributed by atoms with van der Waals surface area (Å²) < 4.78 is 0. The Morgan fingerprint density at radius 2 is 1.84 bits per heavy atom. The summed E-state index contributed by atoms with van der Waals surface area (Å²) in [6, 6.07) is 11.1. The lowest BCUT2D eigenvalue weighted by atomic mass is 9.94. The molecule has 1 aliphatic rings. The van der Waals surface area contributed by atoms with Crippen LogP contribution in [-0.4, -0.2) is 30.7 Å². The van der Waals surface area contributed by atoms with E-state index >= 15 is 0 Å². The molecule has 1 fully saturated rings. The number of hydrazine groups is 1. The largest absolute Gasteiger partial charge is 0.329 e. The maximum absolute atomic E-state index is 5.93. The van der Waals surface area contributed by atoms with Gasteiger partial charge in [-0.05, 0) is 30.7 Å². The maximum Gasteiger partial charge on any atom is 0.0343 e. The molecule has 0 aliphatic carbocycles. The molecule has 0 saturated carbocycles. The van der Waals surface area contributed by atoms with E-state index in [2.05, 4.69) is 47.7 Å². The highest BCUT2D eigenvalue weighted by Crippen LogP contribution is 2.20. The minimum absolute atomic E-state index is 0.383. The third-order valence-corrected chi connectivity index (χ3v) is 4.01. The molecule has 0 aromatic heterocycles. The van der Waals surface area contributed by atoms with E-state index in [1.54, 1.807) is 0 Å². The Morgan fingerprint density at radius 1 is 1.16 bits per heavy atom. The monoisotopic (exact) mass is 261 g/mol. The molecule has 1 heterocycles. The molecule has 3 N–H and O–H groups in total. The van der Waals surface area contributed by atoms with Crippen molar-refractivity contribution in [2.75, 3.05) is 19.6 Å². The second-order valence-corrected chi connectivity index (χ2v) is 5.66. The van der Waals surface area contributed by atoms with Crippen molar-refractivity contribution in [3.63, 3.8) is 0 Å². The van der Waals surface area contributed by atoms with Gasteiger partial charge in [0.05, 0.1) is 0 Å². The van der Waals surface area contributed by atoms with E-state index in [-0.39, 0.29) is 0 Å². The van der Waals surface area contributed by atoms with Gasteiger partial charge >= 0.3 is 0 Å². The quantitative estimate of drug-likeness (QED) is 0.826. The van der Waals surface area contributed by atoms with E-state index in [9.17, 15) is 0 Å². The molecule has 3 heteroatoms. The summed E-state index contributed by atoms with van der Waals surface area (Å²) >= 11 is 0. The molecule has 1 aliphatic heterocycles. The Labute approximate surface area is 117 Å². The van der Waals surface area contributed by atoms with Gasteiger partial charge in [0.15, 0.2) is 0 Å². The Hall–Kier alpha value is -0.900. The molecule has 0 radical (unpaired) electrons. The van der Waals surface area contributed by atoms with Gasteiger partial charge < -0.3 is 5.73 Å². The zero-order chi connectivity index (χ0) is 13.5. The first kappa shape index (κ1) is 14.5. The summed E-state index contributed by atoms with van der Waals surface area (Å²) in [4.78, 5) is 0. The van der Waals surface area contributed by atoms with Gasteiger partial charge in [-0.25, -0.2) is 5.01 Å². The van der Waals surface area contributed by atoms with Crippen LogP contribution in [0.25, 0.3) is 0 Å². The topological polar surface area (TPSA) is 41.3 Å². The van der Waals surface area contributed by atoms with E-state index in [4.69, 9.17) is 5.73 Å². The summed E-state index contributed by atoms with van der Waals surface area (Å²) in [6.45, 7) is 5.32. The van der Waals surface area contributed by atoms with Crippen molar-refractivity contribution >= 4 is 0 Å². The summed E-state index contributed by atoms with van der Waals surface area (Å²) in [5, 5.41) is 2.36. The lowest BCUT2D eigenvalue weighted by molar-refractivity contribution is 0.125. The average molecular weight is 261 g/mol. The molecule has 1 aromatic rings. The first-order chi connectivity index (χ1) is 9.29. The van der Waals surface area contributed by atoms with Gasteiger partial charge in [0.25, 0.3) is 0 Å². The summed E-state index contributed by atoms with van der Waals surface area (Å²) in [7, 11) is 0. The molecule has 3 nitrogen and oxygen atoms in total. The number of nitrogens with two attached hydrogens (primary N) is 1. The van der Waals surface area contributed by atoms with Gasteiger partial charge in [0, 0.05) is 25.7 Å². The highest BCUT2D eigenvalue weighted by Gasteiger charge is 2.17. The van der Waals surface area contributed by atoms with Gasteiger partial charge in [-0.3, -0.25) is 5.43 Å². The smallest absolute Gasteiger partial charge is 0.0343 e. The molecule has 1 saturated heterocycles. The molecular formula is C16H27N3. The van der Waals surface area contributed by atoms with Crippen LogP contribution in [-0.2, 0) is 0 Å². The second-order valence-electron chi connectivity index (χ2n) is 5.66. The van der Waals surface area contributed by atoms with Crippen molar-refractivity contribution in [2.24, 2.45) is 5.73 Å². The number of nitrogens with zero attached hydrogens (tertiary/aromatic N) is 1. The molecule has 0 bridgehead atoms. The second kappa shape index (κ2) is 7.63. The van der Waals surface area contributed by atoms with Gasteiger partial charge in [-0.15, -0.1) is 0 Å². The predicted octanol–water partition coefficient (Wildman–Crippen LogP) is 2.50. The van der Waals surface area contributed by atoms with Gasteiger partial charge in [-0.1, -0.05) is 43.7 Å². The van der Waals surface area contributed by atoms with Crippen LogP contribution in [0.4, 0.5) is 0 Å². The van der Waals surface area contributed by atoms with E-state index < -0.39 is 0 Å². The fourth-order valence-corrected chi connectivity index (χ4v) is 2.83. The zero-order valence-corrected chi connectivity index (χ0v) is 12.0. The average Bonchev–Trinajstić information content (AvgIpc) is 2.48. The maximum atomic E-state index is 5.93. The molecule has 2 atom stereocenters. The third-order valence-electron chi connectivity index (χ3n) is 4.01. The first-order valence-corrected chi connectivity index (χ1v) is 7.55. The van der Waals surface area contributed by atoms with Crippen molar-refractivity contribution in [2.45, 2.75) is 44.6 Å². The van der Waals surface area contributed by atoms with E-state index in [1.807, 2.05) is 0 Å². The SMILES string of the molecule is CC(CC(CN)NN1CCCCC1)c1ccccc1. The summed E-state index contributed by atoms with van der Waals surface area (Å²) in [5.41, 5.74) is 10.9. The van der Waals surface area contributed by atoms with Crippen LogP contribution in [0.1, 0.15) is 44.1 Å². The van der Waals surface area contributed by atoms with Crippen LogP contribution in [0.3, 0.4) is 0 Å².